The summed E-state index contributed by atoms with van der Waals surface area (Å²) in [6.07, 6.45) is 0.850. The van der Waals surface area contributed by atoms with Crippen molar-refractivity contribution in [1.29, 1.82) is 0 Å². The Hall–Kier alpha value is -1.00. The summed E-state index contributed by atoms with van der Waals surface area (Å²) in [5.41, 5.74) is 2.39. The molecule has 14 heavy (non-hydrogen) atoms. The fourth-order valence-electron chi connectivity index (χ4n) is 1.21. The van der Waals surface area contributed by atoms with E-state index in [1.807, 2.05) is 23.6 Å². The van der Waals surface area contributed by atoms with Gasteiger partial charge in [-0.1, -0.05) is 24.3 Å². The van der Waals surface area contributed by atoms with Crippen molar-refractivity contribution in [2.75, 3.05) is 0 Å². The SMILES string of the molecule is O=Cc1ccccc1-c1csc(Br)n1. The molecule has 0 fully saturated rings. The molecule has 0 aliphatic rings. The maximum absolute atomic E-state index is 10.8. The largest absolute Gasteiger partial charge is 0.298 e. The first kappa shape index (κ1) is 9.55. The lowest BCUT2D eigenvalue weighted by Gasteiger charge is -1.98. The number of carbonyl (C=O) groups excluding carboxylic acids is 1. The summed E-state index contributed by atoms with van der Waals surface area (Å²) < 4.78 is 0.827. The average Bonchev–Trinajstić information content (AvgIpc) is 2.65. The van der Waals surface area contributed by atoms with Crippen molar-refractivity contribution in [3.05, 3.63) is 39.1 Å². The molecular formula is C10H6BrNOS. The molecule has 0 saturated heterocycles. The number of thiazole rings is 1. The van der Waals surface area contributed by atoms with Crippen LogP contribution in [-0.4, -0.2) is 11.3 Å². The molecule has 0 bridgehead atoms. The average molecular weight is 268 g/mol. The van der Waals surface area contributed by atoms with Crippen LogP contribution in [0.25, 0.3) is 11.3 Å². The van der Waals surface area contributed by atoms with Gasteiger partial charge >= 0.3 is 0 Å². The highest BCUT2D eigenvalue weighted by Crippen LogP contribution is 2.26. The summed E-state index contributed by atoms with van der Waals surface area (Å²) >= 11 is 4.80. The van der Waals surface area contributed by atoms with E-state index in [1.54, 1.807) is 6.07 Å². The van der Waals surface area contributed by atoms with Crippen molar-refractivity contribution in [2.24, 2.45) is 0 Å². The van der Waals surface area contributed by atoms with Gasteiger partial charge < -0.3 is 0 Å². The van der Waals surface area contributed by atoms with Gasteiger partial charge in [0, 0.05) is 16.5 Å². The third-order valence-corrected chi connectivity index (χ3v) is 3.20. The Bertz CT molecular complexity index is 467. The molecular weight excluding hydrogens is 262 g/mol. The highest BCUT2D eigenvalue weighted by atomic mass is 79.9. The third-order valence-electron chi connectivity index (χ3n) is 1.84. The molecule has 0 aliphatic carbocycles. The first-order valence-electron chi connectivity index (χ1n) is 3.97. The Morgan fingerprint density at radius 2 is 2.14 bits per heavy atom. The zero-order valence-corrected chi connectivity index (χ0v) is 9.51. The van der Waals surface area contributed by atoms with E-state index in [4.69, 9.17) is 0 Å². The molecule has 4 heteroatoms. The second-order valence-electron chi connectivity index (χ2n) is 2.69. The number of hydrogen-bond donors (Lipinski definition) is 0. The van der Waals surface area contributed by atoms with Crippen LogP contribution in [-0.2, 0) is 0 Å². The van der Waals surface area contributed by atoms with Crippen LogP contribution in [0.1, 0.15) is 10.4 Å². The van der Waals surface area contributed by atoms with Crippen LogP contribution < -0.4 is 0 Å². The molecule has 0 N–H and O–H groups in total. The van der Waals surface area contributed by atoms with E-state index in [1.165, 1.54) is 11.3 Å². The Labute approximate surface area is 93.7 Å². The van der Waals surface area contributed by atoms with Crippen LogP contribution in [0.3, 0.4) is 0 Å². The Morgan fingerprint density at radius 1 is 1.36 bits per heavy atom. The van der Waals surface area contributed by atoms with Gasteiger partial charge in [0.25, 0.3) is 0 Å². The molecule has 0 saturated carbocycles. The molecule has 1 aromatic heterocycles. The molecule has 70 valence electrons. The molecule has 1 aromatic carbocycles. The van der Waals surface area contributed by atoms with E-state index in [2.05, 4.69) is 20.9 Å². The van der Waals surface area contributed by atoms with Gasteiger partial charge in [0.15, 0.2) is 10.2 Å². The van der Waals surface area contributed by atoms with E-state index < -0.39 is 0 Å². The smallest absolute Gasteiger partial charge is 0.159 e. The second kappa shape index (κ2) is 4.02. The van der Waals surface area contributed by atoms with Gasteiger partial charge in [-0.2, -0.15) is 0 Å². The first-order valence-corrected chi connectivity index (χ1v) is 5.64. The lowest BCUT2D eigenvalue weighted by Crippen LogP contribution is -1.86. The minimum Gasteiger partial charge on any atom is -0.298 e. The predicted molar refractivity (Wildman–Crippen MR) is 60.6 cm³/mol. The number of aromatic nitrogens is 1. The lowest BCUT2D eigenvalue weighted by molar-refractivity contribution is 0.112. The fourth-order valence-corrected chi connectivity index (χ4v) is 2.22. The second-order valence-corrected chi connectivity index (χ2v) is 4.82. The van der Waals surface area contributed by atoms with Crippen molar-refractivity contribution in [2.45, 2.75) is 0 Å². The minimum absolute atomic E-state index is 0.672. The zero-order valence-electron chi connectivity index (χ0n) is 7.11. The molecule has 2 nitrogen and oxygen atoms in total. The lowest BCUT2D eigenvalue weighted by atomic mass is 10.1. The molecule has 0 unspecified atom stereocenters. The van der Waals surface area contributed by atoms with Gasteiger partial charge in [-0.3, -0.25) is 4.79 Å². The van der Waals surface area contributed by atoms with Crippen LogP contribution in [0.15, 0.2) is 33.6 Å². The number of aldehydes is 1. The quantitative estimate of drug-likeness (QED) is 0.781. The standard InChI is InChI=1S/C10H6BrNOS/c11-10-12-9(6-14-10)8-4-2-1-3-7(8)5-13/h1-6H. The van der Waals surface area contributed by atoms with Gasteiger partial charge in [-0.25, -0.2) is 4.98 Å². The number of halogens is 1. The highest BCUT2D eigenvalue weighted by molar-refractivity contribution is 9.11. The summed E-state index contributed by atoms with van der Waals surface area (Å²) in [4.78, 5) is 15.0. The number of hydrogen-bond acceptors (Lipinski definition) is 3. The summed E-state index contributed by atoms with van der Waals surface area (Å²) in [6.45, 7) is 0. The zero-order chi connectivity index (χ0) is 9.97. The Balaban J connectivity index is 2.55. The Kier molecular flexibility index (Phi) is 2.74. The van der Waals surface area contributed by atoms with Crippen LogP contribution in [0.2, 0.25) is 0 Å². The topological polar surface area (TPSA) is 30.0 Å². The monoisotopic (exact) mass is 267 g/mol. The van der Waals surface area contributed by atoms with E-state index in [-0.39, 0.29) is 0 Å². The molecule has 0 amide bonds. The van der Waals surface area contributed by atoms with Crippen molar-refractivity contribution in [1.82, 2.24) is 4.98 Å². The van der Waals surface area contributed by atoms with E-state index >= 15 is 0 Å². The van der Waals surface area contributed by atoms with Gasteiger partial charge in [0.05, 0.1) is 5.69 Å². The van der Waals surface area contributed by atoms with Crippen molar-refractivity contribution < 1.29 is 4.79 Å². The number of nitrogens with zero attached hydrogens (tertiary/aromatic N) is 1. The van der Waals surface area contributed by atoms with Gasteiger partial charge in [0.1, 0.15) is 0 Å². The van der Waals surface area contributed by atoms with E-state index in [0.29, 0.717) is 5.56 Å². The molecule has 0 aliphatic heterocycles. The van der Waals surface area contributed by atoms with Crippen molar-refractivity contribution >= 4 is 33.6 Å². The van der Waals surface area contributed by atoms with Crippen LogP contribution >= 0.6 is 27.3 Å². The third kappa shape index (κ3) is 1.76. The summed E-state index contributed by atoms with van der Waals surface area (Å²) in [7, 11) is 0. The summed E-state index contributed by atoms with van der Waals surface area (Å²) in [6, 6.07) is 7.42. The fraction of sp³-hybridized carbons (Fsp3) is 0. The number of rotatable bonds is 2. The molecule has 0 radical (unpaired) electrons. The minimum atomic E-state index is 0.672. The maximum Gasteiger partial charge on any atom is 0.159 e. The molecule has 0 atom stereocenters. The van der Waals surface area contributed by atoms with Gasteiger partial charge in [-0.05, 0) is 15.9 Å². The van der Waals surface area contributed by atoms with Gasteiger partial charge in [-0.15, -0.1) is 11.3 Å². The van der Waals surface area contributed by atoms with Crippen LogP contribution in [0.4, 0.5) is 0 Å². The van der Waals surface area contributed by atoms with Crippen LogP contribution in [0, 0.1) is 0 Å². The first-order chi connectivity index (χ1) is 6.81. The van der Waals surface area contributed by atoms with Crippen molar-refractivity contribution in [3.8, 4) is 11.3 Å². The van der Waals surface area contributed by atoms with Crippen LogP contribution in [0.5, 0.6) is 0 Å². The van der Waals surface area contributed by atoms with E-state index in [9.17, 15) is 4.79 Å². The molecule has 1 heterocycles. The number of benzene rings is 1. The molecule has 2 aromatic rings. The predicted octanol–water partition coefficient (Wildman–Crippen LogP) is 3.39. The van der Waals surface area contributed by atoms with Crippen molar-refractivity contribution in [3.63, 3.8) is 0 Å². The molecule has 0 spiro atoms. The number of carbonyl (C=O) groups is 1. The summed E-state index contributed by atoms with van der Waals surface area (Å²) in [5, 5.41) is 1.92. The summed E-state index contributed by atoms with van der Waals surface area (Å²) in [5.74, 6) is 0. The molecule has 2 rings (SSSR count). The maximum atomic E-state index is 10.8. The normalized spacial score (nSPS) is 10.1. The Morgan fingerprint density at radius 3 is 2.79 bits per heavy atom. The van der Waals surface area contributed by atoms with Gasteiger partial charge in [0.2, 0.25) is 0 Å². The highest BCUT2D eigenvalue weighted by Gasteiger charge is 2.06. The van der Waals surface area contributed by atoms with E-state index in [0.717, 1.165) is 21.5 Å².